The summed E-state index contributed by atoms with van der Waals surface area (Å²) in [6.45, 7) is 3.87. The highest BCUT2D eigenvalue weighted by atomic mass is 16.3. The molecule has 0 amide bonds. The molecule has 3 rings (SSSR count). The van der Waals surface area contributed by atoms with Crippen LogP contribution in [0.25, 0.3) is 0 Å². The maximum atomic E-state index is 9.55. The molecule has 0 spiro atoms. The monoisotopic (exact) mass is 282 g/mol. The fraction of sp³-hybridized carbons (Fsp3) is 0.333. The highest BCUT2D eigenvalue weighted by Gasteiger charge is 2.13. The standard InChI is InChI=1S/C18H22N2O/c1-13-10-16(6-8-18(13)21)19-12-14-5-7-17-15(11-14)4-3-9-20(17)2/h5-8,10-11,19,21H,3-4,9,12H2,1-2H3. The van der Waals surface area contributed by atoms with Gasteiger partial charge in [0.05, 0.1) is 0 Å². The number of hydrogen-bond donors (Lipinski definition) is 2. The number of hydrogen-bond acceptors (Lipinski definition) is 3. The second kappa shape index (κ2) is 5.68. The molecule has 0 bridgehead atoms. The Morgan fingerprint density at radius 1 is 1.19 bits per heavy atom. The number of benzene rings is 2. The van der Waals surface area contributed by atoms with Gasteiger partial charge < -0.3 is 15.3 Å². The molecule has 0 aromatic heterocycles. The minimum atomic E-state index is 0.345. The SMILES string of the molecule is Cc1cc(NCc2ccc3c(c2)CCCN3C)ccc1O. The lowest BCUT2D eigenvalue weighted by molar-refractivity contribution is 0.471. The molecular formula is C18H22N2O. The average Bonchev–Trinajstić information content (AvgIpc) is 2.49. The molecule has 0 fully saturated rings. The fourth-order valence-electron chi connectivity index (χ4n) is 2.92. The van der Waals surface area contributed by atoms with E-state index in [2.05, 4.69) is 35.5 Å². The van der Waals surface area contributed by atoms with Crippen LogP contribution in [0.2, 0.25) is 0 Å². The van der Waals surface area contributed by atoms with Gasteiger partial charge in [0, 0.05) is 31.5 Å². The Hall–Kier alpha value is -2.16. The van der Waals surface area contributed by atoms with Crippen molar-refractivity contribution in [3.63, 3.8) is 0 Å². The third-order valence-corrected chi connectivity index (χ3v) is 4.19. The van der Waals surface area contributed by atoms with Gasteiger partial charge in [-0.1, -0.05) is 12.1 Å². The molecule has 110 valence electrons. The summed E-state index contributed by atoms with van der Waals surface area (Å²) in [5, 5.41) is 13.0. The highest BCUT2D eigenvalue weighted by molar-refractivity contribution is 5.57. The van der Waals surface area contributed by atoms with Crippen molar-refractivity contribution in [1.82, 2.24) is 0 Å². The first-order chi connectivity index (χ1) is 10.1. The highest BCUT2D eigenvalue weighted by Crippen LogP contribution is 2.27. The number of fused-ring (bicyclic) bond motifs is 1. The van der Waals surface area contributed by atoms with Crippen molar-refractivity contribution in [3.05, 3.63) is 53.1 Å². The Labute approximate surface area is 126 Å². The van der Waals surface area contributed by atoms with Crippen LogP contribution < -0.4 is 10.2 Å². The van der Waals surface area contributed by atoms with Crippen LogP contribution in [0.3, 0.4) is 0 Å². The number of aryl methyl sites for hydroxylation is 2. The number of aromatic hydroxyl groups is 1. The van der Waals surface area contributed by atoms with Gasteiger partial charge in [0.2, 0.25) is 0 Å². The molecule has 21 heavy (non-hydrogen) atoms. The van der Waals surface area contributed by atoms with Crippen LogP contribution in [-0.4, -0.2) is 18.7 Å². The molecule has 0 saturated carbocycles. The summed E-state index contributed by atoms with van der Waals surface area (Å²) >= 11 is 0. The predicted octanol–water partition coefficient (Wildman–Crippen LogP) is 3.70. The van der Waals surface area contributed by atoms with E-state index in [4.69, 9.17) is 0 Å². The van der Waals surface area contributed by atoms with Crippen molar-refractivity contribution in [2.24, 2.45) is 0 Å². The summed E-state index contributed by atoms with van der Waals surface area (Å²) in [6.07, 6.45) is 2.41. The lowest BCUT2D eigenvalue weighted by Crippen LogP contribution is -2.24. The third-order valence-electron chi connectivity index (χ3n) is 4.19. The van der Waals surface area contributed by atoms with Gasteiger partial charge in [-0.2, -0.15) is 0 Å². The number of nitrogens with one attached hydrogen (secondary N) is 1. The Kier molecular flexibility index (Phi) is 3.74. The van der Waals surface area contributed by atoms with Crippen LogP contribution >= 0.6 is 0 Å². The first-order valence-electron chi connectivity index (χ1n) is 7.50. The second-order valence-electron chi connectivity index (χ2n) is 5.84. The Morgan fingerprint density at radius 3 is 2.86 bits per heavy atom. The maximum Gasteiger partial charge on any atom is 0.118 e. The van der Waals surface area contributed by atoms with Crippen LogP contribution in [0.4, 0.5) is 11.4 Å². The van der Waals surface area contributed by atoms with E-state index in [1.165, 1.54) is 29.7 Å². The van der Waals surface area contributed by atoms with E-state index in [1.54, 1.807) is 6.07 Å². The van der Waals surface area contributed by atoms with Gasteiger partial charge in [-0.3, -0.25) is 0 Å². The molecular weight excluding hydrogens is 260 g/mol. The summed E-state index contributed by atoms with van der Waals surface area (Å²) in [6, 6.07) is 12.4. The van der Waals surface area contributed by atoms with Gasteiger partial charge in [0.1, 0.15) is 5.75 Å². The van der Waals surface area contributed by atoms with Crippen LogP contribution in [0.15, 0.2) is 36.4 Å². The topological polar surface area (TPSA) is 35.5 Å². The van der Waals surface area contributed by atoms with E-state index in [-0.39, 0.29) is 0 Å². The van der Waals surface area contributed by atoms with Crippen LogP contribution in [0.1, 0.15) is 23.1 Å². The zero-order valence-electron chi connectivity index (χ0n) is 12.7. The molecule has 0 aliphatic carbocycles. The van der Waals surface area contributed by atoms with Crippen LogP contribution in [-0.2, 0) is 13.0 Å². The van der Waals surface area contributed by atoms with E-state index in [0.717, 1.165) is 24.3 Å². The molecule has 2 aromatic carbocycles. The van der Waals surface area contributed by atoms with Crippen LogP contribution in [0.5, 0.6) is 5.75 Å². The minimum Gasteiger partial charge on any atom is -0.508 e. The molecule has 1 aliphatic heterocycles. The van der Waals surface area contributed by atoms with Crippen molar-refractivity contribution >= 4 is 11.4 Å². The average molecular weight is 282 g/mol. The normalized spacial score (nSPS) is 13.9. The predicted molar refractivity (Wildman–Crippen MR) is 88.2 cm³/mol. The molecule has 0 atom stereocenters. The van der Waals surface area contributed by atoms with E-state index in [0.29, 0.717) is 5.75 Å². The molecule has 3 nitrogen and oxygen atoms in total. The number of phenolic OH excluding ortho intramolecular Hbond substituents is 1. The summed E-state index contributed by atoms with van der Waals surface area (Å²) in [7, 11) is 2.16. The molecule has 0 unspecified atom stereocenters. The van der Waals surface area contributed by atoms with Crippen LogP contribution in [0, 0.1) is 6.92 Å². The van der Waals surface area contributed by atoms with E-state index >= 15 is 0 Å². The number of anilines is 2. The van der Waals surface area contributed by atoms with Crippen molar-refractivity contribution in [1.29, 1.82) is 0 Å². The molecule has 2 aromatic rings. The van der Waals surface area contributed by atoms with E-state index in [9.17, 15) is 5.11 Å². The van der Waals surface area contributed by atoms with Crippen molar-refractivity contribution in [2.45, 2.75) is 26.3 Å². The molecule has 1 heterocycles. The first-order valence-corrected chi connectivity index (χ1v) is 7.50. The number of rotatable bonds is 3. The molecule has 3 heteroatoms. The zero-order valence-corrected chi connectivity index (χ0v) is 12.7. The second-order valence-corrected chi connectivity index (χ2v) is 5.84. The van der Waals surface area contributed by atoms with Gasteiger partial charge in [0.15, 0.2) is 0 Å². The zero-order chi connectivity index (χ0) is 14.8. The molecule has 1 aliphatic rings. The van der Waals surface area contributed by atoms with Crippen molar-refractivity contribution < 1.29 is 5.11 Å². The van der Waals surface area contributed by atoms with E-state index < -0.39 is 0 Å². The van der Waals surface area contributed by atoms with Crippen molar-refractivity contribution in [3.8, 4) is 5.75 Å². The lowest BCUT2D eigenvalue weighted by Gasteiger charge is -2.27. The van der Waals surface area contributed by atoms with Gasteiger partial charge >= 0.3 is 0 Å². The van der Waals surface area contributed by atoms with Crippen molar-refractivity contribution in [2.75, 3.05) is 23.8 Å². The quantitative estimate of drug-likeness (QED) is 0.843. The minimum absolute atomic E-state index is 0.345. The van der Waals surface area contributed by atoms with Gasteiger partial charge in [-0.15, -0.1) is 0 Å². The summed E-state index contributed by atoms with van der Waals surface area (Å²) < 4.78 is 0. The lowest BCUT2D eigenvalue weighted by atomic mass is 9.99. The summed E-state index contributed by atoms with van der Waals surface area (Å²) in [5.74, 6) is 0.345. The molecule has 0 saturated heterocycles. The van der Waals surface area contributed by atoms with Gasteiger partial charge in [-0.25, -0.2) is 0 Å². The smallest absolute Gasteiger partial charge is 0.118 e. The fourth-order valence-corrected chi connectivity index (χ4v) is 2.92. The third kappa shape index (κ3) is 2.97. The summed E-state index contributed by atoms with van der Waals surface area (Å²) in [5.41, 5.74) is 6.05. The number of nitrogens with zero attached hydrogens (tertiary/aromatic N) is 1. The largest absolute Gasteiger partial charge is 0.508 e. The molecule has 2 N–H and O–H groups in total. The first kappa shape index (κ1) is 13.8. The Morgan fingerprint density at radius 2 is 2.05 bits per heavy atom. The Balaban J connectivity index is 1.72. The molecule has 0 radical (unpaired) electrons. The van der Waals surface area contributed by atoms with Gasteiger partial charge in [-0.05, 0) is 60.7 Å². The maximum absolute atomic E-state index is 9.55. The van der Waals surface area contributed by atoms with E-state index in [1.807, 2.05) is 19.1 Å². The Bertz CT molecular complexity index is 652. The van der Waals surface area contributed by atoms with Gasteiger partial charge in [0.25, 0.3) is 0 Å². The summed E-state index contributed by atoms with van der Waals surface area (Å²) in [4.78, 5) is 2.33. The number of phenols is 1.